The maximum atomic E-state index is 12.0. The highest BCUT2D eigenvalue weighted by Gasteiger charge is 2.40. The number of carbonyl (C=O) groups is 1. The number of nitrogens with zero attached hydrogens (tertiary/aromatic N) is 1. The van der Waals surface area contributed by atoms with Gasteiger partial charge in [-0.1, -0.05) is 30.0 Å². The third-order valence-corrected chi connectivity index (χ3v) is 1.91. The first-order chi connectivity index (χ1) is 7.91. The number of benzene rings is 1. The van der Waals surface area contributed by atoms with Gasteiger partial charge in [-0.05, 0) is 12.1 Å². The van der Waals surface area contributed by atoms with Gasteiger partial charge in [-0.3, -0.25) is 4.79 Å². The highest BCUT2D eigenvalue weighted by Crippen LogP contribution is 2.17. The second-order valence-electron chi connectivity index (χ2n) is 3.33. The summed E-state index contributed by atoms with van der Waals surface area (Å²) in [6, 6.07) is 8.82. The number of hydrogen-bond acceptors (Lipinski definition) is 1. The van der Waals surface area contributed by atoms with Crippen LogP contribution in [0.1, 0.15) is 5.56 Å². The third kappa shape index (κ3) is 4.19. The normalized spacial score (nSPS) is 10.4. The van der Waals surface area contributed by atoms with Crippen molar-refractivity contribution in [3.8, 4) is 11.8 Å². The molecular formula is C12H10F3NO. The minimum atomic E-state index is -4.84. The second-order valence-corrected chi connectivity index (χ2v) is 3.33. The second kappa shape index (κ2) is 5.39. The van der Waals surface area contributed by atoms with Crippen molar-refractivity contribution in [1.82, 2.24) is 4.90 Å². The van der Waals surface area contributed by atoms with Crippen LogP contribution in [-0.4, -0.2) is 30.6 Å². The van der Waals surface area contributed by atoms with Crippen molar-refractivity contribution in [3.63, 3.8) is 0 Å². The Morgan fingerprint density at radius 2 is 1.88 bits per heavy atom. The first-order valence-corrected chi connectivity index (χ1v) is 4.77. The Hall–Kier alpha value is -1.96. The van der Waals surface area contributed by atoms with Crippen molar-refractivity contribution in [2.45, 2.75) is 6.18 Å². The monoisotopic (exact) mass is 241 g/mol. The molecule has 0 aliphatic rings. The largest absolute Gasteiger partial charge is 0.471 e. The summed E-state index contributed by atoms with van der Waals surface area (Å²) in [5.74, 6) is 3.29. The summed E-state index contributed by atoms with van der Waals surface area (Å²) in [5.41, 5.74) is 0.695. The summed E-state index contributed by atoms with van der Waals surface area (Å²) in [6.45, 7) is -0.257. The molecule has 1 aromatic carbocycles. The molecule has 0 saturated heterocycles. The van der Waals surface area contributed by atoms with Gasteiger partial charge in [0.15, 0.2) is 0 Å². The molecule has 0 bridgehead atoms. The fraction of sp³-hybridized carbons (Fsp3) is 0.250. The fourth-order valence-electron chi connectivity index (χ4n) is 1.07. The predicted molar refractivity (Wildman–Crippen MR) is 57.0 cm³/mol. The maximum absolute atomic E-state index is 12.0. The number of carbonyl (C=O) groups excluding carboxylic acids is 1. The SMILES string of the molecule is CN(CC#Cc1ccccc1)C(=O)C(F)(F)F. The number of amides is 1. The van der Waals surface area contributed by atoms with Crippen LogP contribution in [0.3, 0.4) is 0 Å². The van der Waals surface area contributed by atoms with Crippen molar-refractivity contribution < 1.29 is 18.0 Å². The van der Waals surface area contributed by atoms with Crippen molar-refractivity contribution in [3.05, 3.63) is 35.9 Å². The van der Waals surface area contributed by atoms with Gasteiger partial charge in [0.1, 0.15) is 0 Å². The van der Waals surface area contributed by atoms with E-state index in [0.717, 1.165) is 7.05 Å². The van der Waals surface area contributed by atoms with E-state index in [2.05, 4.69) is 11.8 Å². The van der Waals surface area contributed by atoms with Gasteiger partial charge in [0.2, 0.25) is 0 Å². The summed E-state index contributed by atoms with van der Waals surface area (Å²) >= 11 is 0. The summed E-state index contributed by atoms with van der Waals surface area (Å²) in [5, 5.41) is 0. The van der Waals surface area contributed by atoms with Gasteiger partial charge in [-0.2, -0.15) is 13.2 Å². The summed E-state index contributed by atoms with van der Waals surface area (Å²) in [6.07, 6.45) is -4.84. The molecule has 0 atom stereocenters. The first kappa shape index (κ1) is 13.1. The zero-order valence-corrected chi connectivity index (χ0v) is 9.08. The molecule has 0 unspecified atom stereocenters. The number of rotatable bonds is 1. The molecule has 5 heteroatoms. The number of hydrogen-bond donors (Lipinski definition) is 0. The van der Waals surface area contributed by atoms with Crippen molar-refractivity contribution in [2.75, 3.05) is 13.6 Å². The van der Waals surface area contributed by atoms with Crippen LogP contribution >= 0.6 is 0 Å². The van der Waals surface area contributed by atoms with Crippen molar-refractivity contribution >= 4 is 5.91 Å². The minimum Gasteiger partial charge on any atom is -0.327 e. The lowest BCUT2D eigenvalue weighted by atomic mass is 10.2. The van der Waals surface area contributed by atoms with E-state index < -0.39 is 12.1 Å². The lowest BCUT2D eigenvalue weighted by Gasteiger charge is -2.15. The smallest absolute Gasteiger partial charge is 0.327 e. The molecule has 0 aromatic heterocycles. The van der Waals surface area contributed by atoms with Crippen LogP contribution in [0.4, 0.5) is 13.2 Å². The highest BCUT2D eigenvalue weighted by atomic mass is 19.4. The highest BCUT2D eigenvalue weighted by molar-refractivity contribution is 5.81. The van der Waals surface area contributed by atoms with Gasteiger partial charge in [0.25, 0.3) is 0 Å². The number of halogens is 3. The Morgan fingerprint density at radius 1 is 1.29 bits per heavy atom. The Kier molecular flexibility index (Phi) is 4.16. The van der Waals surface area contributed by atoms with Gasteiger partial charge in [-0.15, -0.1) is 0 Å². The third-order valence-electron chi connectivity index (χ3n) is 1.91. The van der Waals surface area contributed by atoms with Crippen LogP contribution in [0, 0.1) is 11.8 Å². The van der Waals surface area contributed by atoms with Crippen LogP contribution in [0.15, 0.2) is 30.3 Å². The molecular weight excluding hydrogens is 231 g/mol. The van der Waals surface area contributed by atoms with E-state index >= 15 is 0 Å². The van der Waals surface area contributed by atoms with E-state index in [1.165, 1.54) is 0 Å². The average molecular weight is 241 g/mol. The molecule has 1 aromatic rings. The zero-order valence-electron chi connectivity index (χ0n) is 9.08. The van der Waals surface area contributed by atoms with Gasteiger partial charge in [0.05, 0.1) is 6.54 Å². The van der Waals surface area contributed by atoms with Crippen LogP contribution in [0.5, 0.6) is 0 Å². The zero-order chi connectivity index (χ0) is 12.9. The molecule has 1 rings (SSSR count). The quantitative estimate of drug-likeness (QED) is 0.689. The molecule has 0 fully saturated rings. The van der Waals surface area contributed by atoms with E-state index in [4.69, 9.17) is 0 Å². The molecule has 0 aliphatic heterocycles. The average Bonchev–Trinajstić information content (AvgIpc) is 2.28. The van der Waals surface area contributed by atoms with Gasteiger partial charge >= 0.3 is 12.1 Å². The molecule has 1 amide bonds. The van der Waals surface area contributed by atoms with E-state index in [9.17, 15) is 18.0 Å². The maximum Gasteiger partial charge on any atom is 0.471 e. The first-order valence-electron chi connectivity index (χ1n) is 4.77. The van der Waals surface area contributed by atoms with Crippen LogP contribution < -0.4 is 0 Å². The molecule has 0 spiro atoms. The molecule has 2 nitrogen and oxygen atoms in total. The van der Waals surface area contributed by atoms with Gasteiger partial charge in [-0.25, -0.2) is 0 Å². The Labute approximate surface area is 97.0 Å². The molecule has 0 radical (unpaired) electrons. The van der Waals surface area contributed by atoms with Gasteiger partial charge < -0.3 is 4.90 Å². The molecule has 0 N–H and O–H groups in total. The van der Waals surface area contributed by atoms with E-state index in [0.29, 0.717) is 10.5 Å². The predicted octanol–water partition coefficient (Wildman–Crippen LogP) is 2.06. The topological polar surface area (TPSA) is 20.3 Å². The van der Waals surface area contributed by atoms with E-state index in [-0.39, 0.29) is 6.54 Å². The molecule has 17 heavy (non-hydrogen) atoms. The Bertz CT molecular complexity index is 442. The summed E-state index contributed by atoms with van der Waals surface area (Å²) in [7, 11) is 1.06. The minimum absolute atomic E-state index is 0.257. The van der Waals surface area contributed by atoms with Crippen molar-refractivity contribution in [2.24, 2.45) is 0 Å². The standard InChI is InChI=1S/C12H10F3NO/c1-16(11(17)12(13,14)15)9-5-8-10-6-3-2-4-7-10/h2-4,6-7H,9H2,1H3. The van der Waals surface area contributed by atoms with Gasteiger partial charge in [0, 0.05) is 12.6 Å². The Balaban J connectivity index is 2.58. The van der Waals surface area contributed by atoms with Crippen LogP contribution in [0.2, 0.25) is 0 Å². The van der Waals surface area contributed by atoms with E-state index in [1.54, 1.807) is 24.3 Å². The lowest BCUT2D eigenvalue weighted by Crippen LogP contribution is -2.38. The number of alkyl halides is 3. The van der Waals surface area contributed by atoms with Crippen LogP contribution in [0.25, 0.3) is 0 Å². The summed E-state index contributed by atoms with van der Waals surface area (Å²) in [4.78, 5) is 11.3. The molecule has 90 valence electrons. The van der Waals surface area contributed by atoms with Crippen molar-refractivity contribution in [1.29, 1.82) is 0 Å². The molecule has 0 heterocycles. The lowest BCUT2D eigenvalue weighted by molar-refractivity contribution is -0.183. The van der Waals surface area contributed by atoms with Crippen LogP contribution in [-0.2, 0) is 4.79 Å². The molecule has 0 saturated carbocycles. The van der Waals surface area contributed by atoms with E-state index in [1.807, 2.05) is 6.07 Å². The summed E-state index contributed by atoms with van der Waals surface area (Å²) < 4.78 is 36.0. The molecule has 0 aliphatic carbocycles. The fourth-order valence-corrected chi connectivity index (χ4v) is 1.07. The Morgan fingerprint density at radius 3 is 2.41 bits per heavy atom.